The summed E-state index contributed by atoms with van der Waals surface area (Å²) in [4.78, 5) is 11.8. The van der Waals surface area contributed by atoms with Crippen LogP contribution in [0.5, 0.6) is 0 Å². The van der Waals surface area contributed by atoms with Crippen LogP contribution in [-0.2, 0) is 0 Å². The van der Waals surface area contributed by atoms with Gasteiger partial charge in [-0.05, 0) is 37.7 Å². The molecule has 1 fully saturated rings. The minimum Gasteiger partial charge on any atom is -0.391 e. The highest BCUT2D eigenvalue weighted by molar-refractivity contribution is 7.99. The monoisotopic (exact) mass is 274 g/mol. The van der Waals surface area contributed by atoms with E-state index in [9.17, 15) is 9.90 Å². The van der Waals surface area contributed by atoms with Crippen LogP contribution in [0, 0.1) is 0 Å². The van der Waals surface area contributed by atoms with Crippen molar-refractivity contribution in [2.45, 2.75) is 64.1 Å². The summed E-state index contributed by atoms with van der Waals surface area (Å²) in [7, 11) is 0. The molecule has 0 aliphatic heterocycles. The van der Waals surface area contributed by atoms with Crippen molar-refractivity contribution in [1.29, 1.82) is 0 Å². The van der Waals surface area contributed by atoms with Gasteiger partial charge in [-0.3, -0.25) is 0 Å². The van der Waals surface area contributed by atoms with E-state index < -0.39 is 0 Å². The van der Waals surface area contributed by atoms with Crippen LogP contribution in [0.3, 0.4) is 0 Å². The quantitative estimate of drug-likeness (QED) is 0.650. The Kier molecular flexibility index (Phi) is 7.51. The van der Waals surface area contributed by atoms with Gasteiger partial charge in [0.05, 0.1) is 12.1 Å². The summed E-state index contributed by atoms with van der Waals surface area (Å²) in [6.45, 7) is 4.16. The minimum atomic E-state index is -0.379. The van der Waals surface area contributed by atoms with Crippen molar-refractivity contribution in [3.8, 4) is 0 Å². The molecule has 0 aromatic carbocycles. The highest BCUT2D eigenvalue weighted by Crippen LogP contribution is 2.18. The lowest BCUT2D eigenvalue weighted by molar-refractivity contribution is 0.0941. The maximum Gasteiger partial charge on any atom is 0.315 e. The molecule has 106 valence electrons. The third-order valence-corrected chi connectivity index (χ3v) is 4.26. The van der Waals surface area contributed by atoms with Gasteiger partial charge in [-0.15, -0.1) is 0 Å². The summed E-state index contributed by atoms with van der Waals surface area (Å²) in [6.07, 6.45) is 4.44. The van der Waals surface area contributed by atoms with Crippen molar-refractivity contribution >= 4 is 17.8 Å². The zero-order valence-corrected chi connectivity index (χ0v) is 12.3. The Bertz CT molecular complexity index is 251. The molecule has 1 saturated carbocycles. The van der Waals surface area contributed by atoms with E-state index in [1.54, 1.807) is 0 Å². The molecule has 0 saturated heterocycles. The number of urea groups is 1. The van der Waals surface area contributed by atoms with Crippen LogP contribution in [0.2, 0.25) is 0 Å². The van der Waals surface area contributed by atoms with Gasteiger partial charge in [0.15, 0.2) is 0 Å². The second-order valence-corrected chi connectivity index (χ2v) is 6.36. The van der Waals surface area contributed by atoms with Crippen molar-refractivity contribution < 1.29 is 9.90 Å². The van der Waals surface area contributed by atoms with E-state index in [1.165, 1.54) is 0 Å². The van der Waals surface area contributed by atoms with Crippen LogP contribution >= 0.6 is 11.8 Å². The zero-order valence-electron chi connectivity index (χ0n) is 11.4. The molecule has 1 aliphatic carbocycles. The average Bonchev–Trinajstić information content (AvgIpc) is 2.32. The van der Waals surface area contributed by atoms with Gasteiger partial charge in [-0.25, -0.2) is 4.79 Å². The maximum absolute atomic E-state index is 11.8. The molecule has 5 heteroatoms. The molecule has 0 aromatic rings. The lowest BCUT2D eigenvalue weighted by Crippen LogP contribution is -2.50. The second kappa shape index (κ2) is 8.64. The number of rotatable bonds is 6. The number of nitrogens with one attached hydrogen (secondary N) is 2. The molecular formula is C13H26N2O2S. The first-order valence-corrected chi connectivity index (χ1v) is 8.11. The smallest absolute Gasteiger partial charge is 0.315 e. The fourth-order valence-electron chi connectivity index (χ4n) is 2.19. The van der Waals surface area contributed by atoms with Gasteiger partial charge >= 0.3 is 6.03 Å². The molecule has 2 amide bonds. The normalized spacial score (nSPS) is 25.5. The third-order valence-electron chi connectivity index (χ3n) is 3.32. The Balaban J connectivity index is 2.19. The predicted molar refractivity (Wildman–Crippen MR) is 77.0 cm³/mol. The Morgan fingerprint density at radius 1 is 1.44 bits per heavy atom. The fourth-order valence-corrected chi connectivity index (χ4v) is 3.00. The van der Waals surface area contributed by atoms with E-state index >= 15 is 0 Å². The molecule has 0 radical (unpaired) electrons. The highest BCUT2D eigenvalue weighted by Gasteiger charge is 2.24. The van der Waals surface area contributed by atoms with E-state index in [1.807, 2.05) is 18.7 Å². The molecule has 0 heterocycles. The van der Waals surface area contributed by atoms with E-state index in [0.29, 0.717) is 0 Å². The summed E-state index contributed by atoms with van der Waals surface area (Å²) in [5.74, 6) is 2.19. The second-order valence-electron chi connectivity index (χ2n) is 4.96. The fraction of sp³-hybridized carbons (Fsp3) is 0.923. The lowest BCUT2D eigenvalue weighted by Gasteiger charge is -2.29. The number of amides is 2. The first-order valence-electron chi connectivity index (χ1n) is 6.96. The number of carbonyl (C=O) groups excluding carboxylic acids is 1. The number of thioether (sulfide) groups is 1. The summed E-state index contributed by atoms with van der Waals surface area (Å²) < 4.78 is 0. The van der Waals surface area contributed by atoms with Gasteiger partial charge in [-0.2, -0.15) is 11.8 Å². The predicted octanol–water partition coefficient (Wildman–Crippen LogP) is 2.12. The molecule has 0 spiro atoms. The van der Waals surface area contributed by atoms with Crippen LogP contribution in [-0.4, -0.2) is 40.8 Å². The Morgan fingerprint density at radius 2 is 2.17 bits per heavy atom. The van der Waals surface area contributed by atoms with Crippen molar-refractivity contribution in [3.05, 3.63) is 0 Å². The van der Waals surface area contributed by atoms with Crippen LogP contribution in [0.1, 0.15) is 46.0 Å². The van der Waals surface area contributed by atoms with Crippen LogP contribution < -0.4 is 10.6 Å². The number of aliphatic hydroxyl groups is 1. The number of aliphatic hydroxyl groups excluding tert-OH is 1. The van der Waals surface area contributed by atoms with E-state index in [0.717, 1.165) is 43.6 Å². The van der Waals surface area contributed by atoms with Crippen LogP contribution in [0.4, 0.5) is 4.79 Å². The summed E-state index contributed by atoms with van der Waals surface area (Å²) in [5.41, 5.74) is 0. The maximum atomic E-state index is 11.8. The molecule has 3 N–H and O–H groups in total. The van der Waals surface area contributed by atoms with Crippen molar-refractivity contribution in [1.82, 2.24) is 10.6 Å². The molecule has 1 aliphatic rings. The molecule has 0 unspecified atom stereocenters. The van der Waals surface area contributed by atoms with Gasteiger partial charge in [0.1, 0.15) is 0 Å². The minimum absolute atomic E-state index is 0.0732. The number of carbonyl (C=O) groups is 1. The zero-order chi connectivity index (χ0) is 13.4. The molecule has 0 aromatic heterocycles. The van der Waals surface area contributed by atoms with E-state index in [2.05, 4.69) is 17.6 Å². The number of hydrogen-bond acceptors (Lipinski definition) is 3. The lowest BCUT2D eigenvalue weighted by atomic mass is 9.93. The topological polar surface area (TPSA) is 61.4 Å². The van der Waals surface area contributed by atoms with E-state index in [4.69, 9.17) is 0 Å². The largest absolute Gasteiger partial charge is 0.391 e. The van der Waals surface area contributed by atoms with Gasteiger partial charge in [-0.1, -0.05) is 19.8 Å². The first kappa shape index (κ1) is 15.6. The third kappa shape index (κ3) is 5.96. The van der Waals surface area contributed by atoms with Gasteiger partial charge in [0.2, 0.25) is 0 Å². The van der Waals surface area contributed by atoms with Crippen molar-refractivity contribution in [3.63, 3.8) is 0 Å². The molecular weight excluding hydrogens is 248 g/mol. The van der Waals surface area contributed by atoms with E-state index in [-0.39, 0.29) is 24.2 Å². The average molecular weight is 274 g/mol. The van der Waals surface area contributed by atoms with Gasteiger partial charge in [0.25, 0.3) is 0 Å². The molecule has 4 nitrogen and oxygen atoms in total. The molecule has 1 rings (SSSR count). The van der Waals surface area contributed by atoms with Gasteiger partial charge in [0, 0.05) is 6.04 Å². The first-order chi connectivity index (χ1) is 8.63. The number of hydrogen-bond donors (Lipinski definition) is 3. The highest BCUT2D eigenvalue weighted by atomic mass is 32.2. The Morgan fingerprint density at radius 3 is 2.83 bits per heavy atom. The van der Waals surface area contributed by atoms with Crippen LogP contribution in [0.15, 0.2) is 0 Å². The van der Waals surface area contributed by atoms with Gasteiger partial charge < -0.3 is 15.7 Å². The van der Waals surface area contributed by atoms with Crippen LogP contribution in [0.25, 0.3) is 0 Å². The van der Waals surface area contributed by atoms with Crippen molar-refractivity contribution in [2.75, 3.05) is 11.5 Å². The Hall–Kier alpha value is -0.420. The molecule has 3 atom stereocenters. The summed E-state index contributed by atoms with van der Waals surface area (Å²) in [6, 6.07) is -0.0318. The SMILES string of the molecule is CCSCC[C@H](C)NC(=O)N[C@@H]1CCCC[C@H]1O. The Labute approximate surface area is 114 Å². The molecule has 18 heavy (non-hydrogen) atoms. The summed E-state index contributed by atoms with van der Waals surface area (Å²) in [5, 5.41) is 15.6. The summed E-state index contributed by atoms with van der Waals surface area (Å²) >= 11 is 1.89. The molecule has 0 bridgehead atoms. The van der Waals surface area contributed by atoms with Crippen molar-refractivity contribution in [2.24, 2.45) is 0 Å². The standard InChI is InChI=1S/C13H26N2O2S/c1-3-18-9-8-10(2)14-13(17)15-11-6-4-5-7-12(11)16/h10-12,16H,3-9H2,1-2H3,(H2,14,15,17)/t10-,11+,12+/m0/s1.